The molecular formula is C19H17F3N6OS. The van der Waals surface area contributed by atoms with Crippen LogP contribution >= 0.6 is 12.2 Å². The van der Waals surface area contributed by atoms with Crippen LogP contribution in [0.1, 0.15) is 12.5 Å². The number of rotatable bonds is 6. The Morgan fingerprint density at radius 3 is 2.50 bits per heavy atom. The first-order valence-electron chi connectivity index (χ1n) is 8.79. The molecule has 3 aromatic rings. The predicted molar refractivity (Wildman–Crippen MR) is 110 cm³/mol. The Labute approximate surface area is 175 Å². The number of nitrogens with zero attached hydrogens (tertiary/aromatic N) is 4. The monoisotopic (exact) mass is 434 g/mol. The van der Waals surface area contributed by atoms with E-state index in [-0.39, 0.29) is 5.75 Å². The summed E-state index contributed by atoms with van der Waals surface area (Å²) in [5.41, 5.74) is 4.89. The average Bonchev–Trinajstić information content (AvgIpc) is 3.18. The number of hydrazone groups is 1. The lowest BCUT2D eigenvalue weighted by Gasteiger charge is -2.09. The van der Waals surface area contributed by atoms with E-state index in [1.807, 2.05) is 31.2 Å². The number of thiocarbonyl (C=S) groups is 1. The zero-order chi connectivity index (χ0) is 21.6. The summed E-state index contributed by atoms with van der Waals surface area (Å²) in [5.74, 6) is 0.171. The Kier molecular flexibility index (Phi) is 6.62. The Bertz CT molecular complexity index is 1020. The molecule has 1 aromatic heterocycles. The van der Waals surface area contributed by atoms with Gasteiger partial charge in [-0.3, -0.25) is 5.43 Å². The number of nitrogens with one attached hydrogen (secondary N) is 2. The molecule has 1 heterocycles. The average molecular weight is 434 g/mol. The van der Waals surface area contributed by atoms with Gasteiger partial charge in [0.2, 0.25) is 0 Å². The second-order valence-electron chi connectivity index (χ2n) is 5.91. The molecule has 0 saturated carbocycles. The first-order valence-corrected chi connectivity index (χ1v) is 9.20. The molecule has 156 valence electrons. The Morgan fingerprint density at radius 1 is 1.17 bits per heavy atom. The third-order valence-electron chi connectivity index (χ3n) is 3.71. The summed E-state index contributed by atoms with van der Waals surface area (Å²) in [5, 5.41) is 11.8. The zero-order valence-electron chi connectivity index (χ0n) is 15.7. The summed E-state index contributed by atoms with van der Waals surface area (Å²) < 4.78 is 42.1. The van der Waals surface area contributed by atoms with Gasteiger partial charge in [0, 0.05) is 12.1 Å². The molecule has 0 unspecified atom stereocenters. The van der Waals surface area contributed by atoms with Gasteiger partial charge >= 0.3 is 6.36 Å². The molecule has 0 radical (unpaired) electrons. The van der Waals surface area contributed by atoms with Crippen molar-refractivity contribution < 1.29 is 17.9 Å². The van der Waals surface area contributed by atoms with Crippen LogP contribution in [0.3, 0.4) is 0 Å². The molecule has 30 heavy (non-hydrogen) atoms. The highest BCUT2D eigenvalue weighted by Crippen LogP contribution is 2.24. The van der Waals surface area contributed by atoms with Crippen molar-refractivity contribution in [1.82, 2.24) is 25.5 Å². The molecule has 7 nitrogen and oxygen atoms in total. The fourth-order valence-electron chi connectivity index (χ4n) is 2.40. The van der Waals surface area contributed by atoms with E-state index in [0.717, 1.165) is 11.1 Å². The molecule has 0 amide bonds. The summed E-state index contributed by atoms with van der Waals surface area (Å²) in [6, 6.07) is 12.7. The number of alkyl halides is 3. The minimum Gasteiger partial charge on any atom is -0.406 e. The fraction of sp³-hybridized carbons (Fsp3) is 0.158. The van der Waals surface area contributed by atoms with Crippen LogP contribution in [-0.4, -0.2) is 39.0 Å². The number of halogens is 3. The Hall–Kier alpha value is -3.47. The lowest BCUT2D eigenvalue weighted by Crippen LogP contribution is -2.31. The number of ether oxygens (including phenoxy) is 1. The number of benzene rings is 2. The van der Waals surface area contributed by atoms with E-state index in [1.165, 1.54) is 35.3 Å². The second-order valence-corrected chi connectivity index (χ2v) is 6.31. The summed E-state index contributed by atoms with van der Waals surface area (Å²) in [7, 11) is 0. The molecule has 0 atom stereocenters. The molecule has 11 heteroatoms. The van der Waals surface area contributed by atoms with E-state index >= 15 is 0 Å². The molecule has 0 aliphatic heterocycles. The molecule has 0 bridgehead atoms. The van der Waals surface area contributed by atoms with Crippen molar-refractivity contribution in [1.29, 1.82) is 0 Å². The smallest absolute Gasteiger partial charge is 0.406 e. The lowest BCUT2D eigenvalue weighted by molar-refractivity contribution is -0.274. The third-order valence-corrected chi connectivity index (χ3v) is 3.95. The molecular weight excluding hydrogens is 417 g/mol. The van der Waals surface area contributed by atoms with Crippen LogP contribution in [0.5, 0.6) is 5.75 Å². The van der Waals surface area contributed by atoms with Crippen molar-refractivity contribution in [3.05, 3.63) is 60.4 Å². The van der Waals surface area contributed by atoms with Crippen molar-refractivity contribution in [2.75, 3.05) is 6.54 Å². The van der Waals surface area contributed by atoms with Gasteiger partial charge in [0.15, 0.2) is 10.9 Å². The summed E-state index contributed by atoms with van der Waals surface area (Å²) in [4.78, 5) is 4.25. The number of hydrogen-bond acceptors (Lipinski definition) is 5. The van der Waals surface area contributed by atoms with Crippen LogP contribution in [0.15, 0.2) is 60.0 Å². The van der Waals surface area contributed by atoms with E-state index in [0.29, 0.717) is 23.2 Å². The molecule has 0 saturated heterocycles. The van der Waals surface area contributed by atoms with E-state index in [2.05, 4.69) is 30.7 Å². The van der Waals surface area contributed by atoms with Crippen molar-refractivity contribution in [3.63, 3.8) is 0 Å². The molecule has 0 fully saturated rings. The third kappa shape index (κ3) is 6.01. The molecule has 0 aliphatic carbocycles. The van der Waals surface area contributed by atoms with Crippen LogP contribution < -0.4 is 15.5 Å². The molecule has 0 aliphatic rings. The Morgan fingerprint density at radius 2 is 1.87 bits per heavy atom. The highest BCUT2D eigenvalue weighted by Gasteiger charge is 2.30. The maximum absolute atomic E-state index is 12.2. The summed E-state index contributed by atoms with van der Waals surface area (Å²) in [6.07, 6.45) is -1.62. The van der Waals surface area contributed by atoms with Gasteiger partial charge in [-0.15, -0.1) is 18.3 Å². The van der Waals surface area contributed by atoms with Gasteiger partial charge in [0.05, 0.1) is 11.9 Å². The summed E-state index contributed by atoms with van der Waals surface area (Å²) in [6.45, 7) is 2.64. The van der Waals surface area contributed by atoms with Crippen molar-refractivity contribution in [3.8, 4) is 22.8 Å². The van der Waals surface area contributed by atoms with E-state index in [4.69, 9.17) is 12.2 Å². The van der Waals surface area contributed by atoms with E-state index in [9.17, 15) is 13.2 Å². The van der Waals surface area contributed by atoms with E-state index in [1.54, 1.807) is 6.21 Å². The highest BCUT2D eigenvalue weighted by molar-refractivity contribution is 7.80. The van der Waals surface area contributed by atoms with Gasteiger partial charge in [-0.1, -0.05) is 24.3 Å². The first-order chi connectivity index (χ1) is 14.3. The normalized spacial score (nSPS) is 11.5. The van der Waals surface area contributed by atoms with Crippen LogP contribution in [0, 0.1) is 0 Å². The minimum atomic E-state index is -4.73. The van der Waals surface area contributed by atoms with Gasteiger partial charge < -0.3 is 10.1 Å². The zero-order valence-corrected chi connectivity index (χ0v) is 16.5. The van der Waals surface area contributed by atoms with Gasteiger partial charge in [0.1, 0.15) is 12.1 Å². The lowest BCUT2D eigenvalue weighted by atomic mass is 10.1. The first kappa shape index (κ1) is 21.2. The van der Waals surface area contributed by atoms with Crippen LogP contribution in [0.25, 0.3) is 17.1 Å². The number of hydrogen-bond donors (Lipinski definition) is 2. The van der Waals surface area contributed by atoms with Crippen LogP contribution in [-0.2, 0) is 0 Å². The topological polar surface area (TPSA) is 76.4 Å². The quantitative estimate of drug-likeness (QED) is 0.350. The molecule has 0 spiro atoms. The maximum atomic E-state index is 12.2. The van der Waals surface area contributed by atoms with Gasteiger partial charge in [-0.05, 0) is 49.0 Å². The van der Waals surface area contributed by atoms with Gasteiger partial charge in [-0.2, -0.15) is 5.10 Å². The van der Waals surface area contributed by atoms with Gasteiger partial charge in [-0.25, -0.2) is 9.67 Å². The largest absolute Gasteiger partial charge is 0.573 e. The van der Waals surface area contributed by atoms with Gasteiger partial charge in [0.25, 0.3) is 0 Å². The van der Waals surface area contributed by atoms with Crippen molar-refractivity contribution in [2.24, 2.45) is 5.10 Å². The minimum absolute atomic E-state index is 0.301. The number of aromatic nitrogens is 3. The van der Waals surface area contributed by atoms with Crippen LogP contribution in [0.4, 0.5) is 13.2 Å². The van der Waals surface area contributed by atoms with E-state index < -0.39 is 6.36 Å². The second kappa shape index (κ2) is 9.35. The predicted octanol–water partition coefficient (Wildman–Crippen LogP) is 3.65. The summed E-state index contributed by atoms with van der Waals surface area (Å²) >= 11 is 5.01. The van der Waals surface area contributed by atoms with Crippen LogP contribution in [0.2, 0.25) is 0 Å². The highest BCUT2D eigenvalue weighted by atomic mass is 32.1. The van der Waals surface area contributed by atoms with Crippen molar-refractivity contribution in [2.45, 2.75) is 13.3 Å². The molecule has 3 rings (SSSR count). The molecule has 2 aromatic carbocycles. The van der Waals surface area contributed by atoms with Crippen molar-refractivity contribution >= 4 is 23.5 Å². The SMILES string of the molecule is CCNC(=S)N/N=C/c1ccc(-c2ncn(-c3ccc(OC(F)(F)F)cc3)n2)cc1. The standard InChI is InChI=1S/C19H17F3N6OS/c1-2-23-18(30)26-25-11-13-3-5-14(6-4-13)17-24-12-28(27-17)15-7-9-16(10-8-15)29-19(20,21)22/h3-12H,2H2,1H3,(H2,23,26,30)/b25-11+. The maximum Gasteiger partial charge on any atom is 0.573 e. The Balaban J connectivity index is 1.66. The fourth-order valence-corrected chi connectivity index (χ4v) is 2.60. The molecule has 2 N–H and O–H groups in total.